The van der Waals surface area contributed by atoms with Crippen molar-refractivity contribution < 1.29 is 10.0 Å². The normalized spacial score (nSPS) is 22.0. The van der Waals surface area contributed by atoms with Gasteiger partial charge in [-0.1, -0.05) is 18.5 Å². The summed E-state index contributed by atoms with van der Waals surface area (Å²) in [5.41, 5.74) is 5.60. The van der Waals surface area contributed by atoms with Gasteiger partial charge in [0.2, 0.25) is 5.91 Å². The van der Waals surface area contributed by atoms with Crippen molar-refractivity contribution >= 4 is 11.7 Å². The molecule has 0 bridgehead atoms. The van der Waals surface area contributed by atoms with E-state index in [2.05, 4.69) is 10.5 Å². The number of rotatable bonds is 7. The molecular weight excluding hydrogens is 230 g/mol. The largest absolute Gasteiger partial charge is 0.409 e. The molecule has 2 fully saturated rings. The molecule has 2 saturated carbocycles. The number of hydrogen-bond donors (Lipinski definition) is 3. The fourth-order valence-electron chi connectivity index (χ4n) is 2.57. The van der Waals surface area contributed by atoms with Gasteiger partial charge in [-0.05, 0) is 43.9 Å². The molecule has 4 N–H and O–H groups in total. The van der Waals surface area contributed by atoms with E-state index < -0.39 is 5.92 Å². The van der Waals surface area contributed by atoms with Crippen molar-refractivity contribution in [3.8, 4) is 0 Å². The fraction of sp³-hybridized carbons (Fsp3) is 0.846. The number of hydrogen-bond acceptors (Lipinski definition) is 3. The molecule has 0 aliphatic heterocycles. The maximum atomic E-state index is 12.2. The molecule has 0 radical (unpaired) electrons. The summed E-state index contributed by atoms with van der Waals surface area (Å²) in [5, 5.41) is 14.9. The molecule has 18 heavy (non-hydrogen) atoms. The van der Waals surface area contributed by atoms with Gasteiger partial charge in [-0.25, -0.2) is 0 Å². The molecule has 0 aromatic rings. The fourth-order valence-corrected chi connectivity index (χ4v) is 2.57. The molecular formula is C13H23N3O2. The SMILES string of the molecule is CCCC(C(=O)NC(C1CC1)C1CC1)C(N)=NO. The van der Waals surface area contributed by atoms with Gasteiger partial charge >= 0.3 is 0 Å². The van der Waals surface area contributed by atoms with E-state index in [1.807, 2.05) is 6.92 Å². The van der Waals surface area contributed by atoms with Gasteiger partial charge in [0.25, 0.3) is 0 Å². The number of nitrogens with zero attached hydrogens (tertiary/aromatic N) is 1. The van der Waals surface area contributed by atoms with E-state index in [9.17, 15) is 4.79 Å². The van der Waals surface area contributed by atoms with Crippen LogP contribution in [0.2, 0.25) is 0 Å². The number of oxime groups is 1. The van der Waals surface area contributed by atoms with E-state index in [1.54, 1.807) is 0 Å². The summed E-state index contributed by atoms with van der Waals surface area (Å²) in [4.78, 5) is 12.2. The number of nitrogens with two attached hydrogens (primary N) is 1. The lowest BCUT2D eigenvalue weighted by atomic mass is 9.99. The van der Waals surface area contributed by atoms with Crippen LogP contribution < -0.4 is 11.1 Å². The first-order chi connectivity index (χ1) is 8.67. The van der Waals surface area contributed by atoms with Gasteiger partial charge in [-0.15, -0.1) is 0 Å². The summed E-state index contributed by atoms with van der Waals surface area (Å²) in [6.07, 6.45) is 6.37. The molecule has 102 valence electrons. The van der Waals surface area contributed by atoms with Crippen LogP contribution in [-0.4, -0.2) is 23.0 Å². The van der Waals surface area contributed by atoms with Crippen LogP contribution >= 0.6 is 0 Å². The molecule has 0 spiro atoms. The van der Waals surface area contributed by atoms with Gasteiger partial charge in [0.1, 0.15) is 0 Å². The van der Waals surface area contributed by atoms with Crippen molar-refractivity contribution in [3.63, 3.8) is 0 Å². The third-order valence-electron chi connectivity index (χ3n) is 3.94. The molecule has 1 unspecified atom stereocenters. The van der Waals surface area contributed by atoms with Gasteiger partial charge in [-0.3, -0.25) is 4.79 Å². The molecule has 0 aromatic carbocycles. The number of amidine groups is 1. The highest BCUT2D eigenvalue weighted by molar-refractivity contribution is 6.02. The molecule has 1 atom stereocenters. The Kier molecular flexibility index (Phi) is 4.09. The van der Waals surface area contributed by atoms with Crippen molar-refractivity contribution in [2.75, 3.05) is 0 Å². The topological polar surface area (TPSA) is 87.7 Å². The van der Waals surface area contributed by atoms with E-state index in [4.69, 9.17) is 10.9 Å². The number of carbonyl (C=O) groups is 1. The van der Waals surface area contributed by atoms with E-state index >= 15 is 0 Å². The van der Waals surface area contributed by atoms with Crippen LogP contribution in [0.1, 0.15) is 45.4 Å². The third-order valence-corrected chi connectivity index (χ3v) is 3.94. The quantitative estimate of drug-likeness (QED) is 0.278. The van der Waals surface area contributed by atoms with Crippen LogP contribution in [0.15, 0.2) is 5.16 Å². The zero-order valence-electron chi connectivity index (χ0n) is 10.9. The molecule has 5 heteroatoms. The Hall–Kier alpha value is -1.26. The molecule has 2 rings (SSSR count). The van der Waals surface area contributed by atoms with Gasteiger partial charge in [0.15, 0.2) is 5.84 Å². The zero-order chi connectivity index (χ0) is 13.1. The average Bonchev–Trinajstić information content (AvgIpc) is 3.23. The van der Waals surface area contributed by atoms with E-state index in [1.165, 1.54) is 25.7 Å². The van der Waals surface area contributed by atoms with Gasteiger partial charge < -0.3 is 16.3 Å². The Balaban J connectivity index is 1.94. The Morgan fingerprint density at radius 3 is 2.33 bits per heavy atom. The summed E-state index contributed by atoms with van der Waals surface area (Å²) in [5.74, 6) is 0.794. The van der Waals surface area contributed by atoms with Crippen LogP contribution in [-0.2, 0) is 4.79 Å². The number of carbonyl (C=O) groups excluding carboxylic acids is 1. The summed E-state index contributed by atoms with van der Waals surface area (Å²) in [6.45, 7) is 1.99. The van der Waals surface area contributed by atoms with Crippen molar-refractivity contribution in [1.82, 2.24) is 5.32 Å². The van der Waals surface area contributed by atoms with Crippen LogP contribution in [0, 0.1) is 17.8 Å². The second-order valence-corrected chi connectivity index (χ2v) is 5.58. The van der Waals surface area contributed by atoms with E-state index in [-0.39, 0.29) is 11.7 Å². The van der Waals surface area contributed by atoms with Crippen LogP contribution in [0.3, 0.4) is 0 Å². The van der Waals surface area contributed by atoms with Crippen molar-refractivity contribution in [3.05, 3.63) is 0 Å². The lowest BCUT2D eigenvalue weighted by Crippen LogP contribution is -2.45. The Bertz CT molecular complexity index is 323. The highest BCUT2D eigenvalue weighted by Crippen LogP contribution is 2.44. The van der Waals surface area contributed by atoms with Crippen molar-refractivity contribution in [2.45, 2.75) is 51.5 Å². The molecule has 2 aliphatic rings. The smallest absolute Gasteiger partial charge is 0.231 e. The predicted molar refractivity (Wildman–Crippen MR) is 69.2 cm³/mol. The van der Waals surface area contributed by atoms with Crippen LogP contribution in [0.25, 0.3) is 0 Å². The van der Waals surface area contributed by atoms with Gasteiger partial charge in [0, 0.05) is 6.04 Å². The summed E-state index contributed by atoms with van der Waals surface area (Å²) in [6, 6.07) is 0.323. The van der Waals surface area contributed by atoms with Gasteiger partial charge in [-0.2, -0.15) is 0 Å². The molecule has 2 aliphatic carbocycles. The minimum atomic E-state index is -0.486. The second-order valence-electron chi connectivity index (χ2n) is 5.58. The first-order valence-corrected chi connectivity index (χ1v) is 6.95. The predicted octanol–water partition coefficient (Wildman–Crippen LogP) is 1.45. The maximum Gasteiger partial charge on any atom is 0.231 e. The lowest BCUT2D eigenvalue weighted by Gasteiger charge is -2.21. The van der Waals surface area contributed by atoms with Crippen molar-refractivity contribution in [2.24, 2.45) is 28.6 Å². The standard InChI is InChI=1S/C13H23N3O2/c1-2-3-10(12(14)16-18)13(17)15-11(8-4-5-8)9-6-7-9/h8-11,18H,2-7H2,1H3,(H2,14,16)(H,15,17). The minimum Gasteiger partial charge on any atom is -0.409 e. The first kappa shape index (κ1) is 13.2. The number of nitrogens with one attached hydrogen (secondary N) is 1. The summed E-state index contributed by atoms with van der Waals surface area (Å²) < 4.78 is 0. The molecule has 0 aromatic heterocycles. The van der Waals surface area contributed by atoms with Crippen LogP contribution in [0.5, 0.6) is 0 Å². The van der Waals surface area contributed by atoms with E-state index in [0.29, 0.717) is 24.3 Å². The summed E-state index contributed by atoms with van der Waals surface area (Å²) in [7, 11) is 0. The van der Waals surface area contributed by atoms with Gasteiger partial charge in [0.05, 0.1) is 5.92 Å². The summed E-state index contributed by atoms with van der Waals surface area (Å²) >= 11 is 0. The Morgan fingerprint density at radius 1 is 1.39 bits per heavy atom. The molecule has 0 heterocycles. The Labute approximate surface area is 108 Å². The highest BCUT2D eigenvalue weighted by atomic mass is 16.4. The van der Waals surface area contributed by atoms with E-state index in [0.717, 1.165) is 6.42 Å². The monoisotopic (exact) mass is 253 g/mol. The molecule has 5 nitrogen and oxygen atoms in total. The zero-order valence-corrected chi connectivity index (χ0v) is 10.9. The number of amides is 1. The highest BCUT2D eigenvalue weighted by Gasteiger charge is 2.43. The molecule has 1 amide bonds. The minimum absolute atomic E-state index is 0.0275. The van der Waals surface area contributed by atoms with Crippen LogP contribution in [0.4, 0.5) is 0 Å². The third kappa shape index (κ3) is 3.15. The molecule has 0 saturated heterocycles. The Morgan fingerprint density at radius 2 is 1.94 bits per heavy atom. The first-order valence-electron chi connectivity index (χ1n) is 6.95. The average molecular weight is 253 g/mol. The second kappa shape index (κ2) is 5.59. The lowest BCUT2D eigenvalue weighted by molar-refractivity contribution is -0.124. The maximum absolute atomic E-state index is 12.2. The van der Waals surface area contributed by atoms with Crippen molar-refractivity contribution in [1.29, 1.82) is 0 Å².